The lowest BCUT2D eigenvalue weighted by Crippen LogP contribution is -2.32. The van der Waals surface area contributed by atoms with Gasteiger partial charge in [0.2, 0.25) is 5.91 Å². The Bertz CT molecular complexity index is 789. The molecule has 7 heteroatoms. The molecule has 1 saturated carbocycles. The summed E-state index contributed by atoms with van der Waals surface area (Å²) >= 11 is 0. The number of fused-ring (bicyclic) bond motifs is 1. The van der Waals surface area contributed by atoms with Crippen LogP contribution in [-0.2, 0) is 11.2 Å². The smallest absolute Gasteiger partial charge is 0.263 e. The second kappa shape index (κ2) is 8.23. The summed E-state index contributed by atoms with van der Waals surface area (Å²) < 4.78 is 5.44. The van der Waals surface area contributed by atoms with Gasteiger partial charge in [0.25, 0.3) is 5.71 Å². The first kappa shape index (κ1) is 18.2. The van der Waals surface area contributed by atoms with Crippen molar-refractivity contribution in [1.82, 2.24) is 20.4 Å². The molecule has 0 radical (unpaired) electrons. The van der Waals surface area contributed by atoms with Crippen molar-refractivity contribution >= 4 is 22.8 Å². The maximum absolute atomic E-state index is 12.3. The molecule has 1 aliphatic carbocycles. The molecular weight excluding hydrogens is 342 g/mol. The van der Waals surface area contributed by atoms with Crippen molar-refractivity contribution in [2.45, 2.75) is 77.2 Å². The quantitative estimate of drug-likeness (QED) is 0.868. The molecule has 3 heterocycles. The lowest BCUT2D eigenvalue weighted by atomic mass is 10.2. The third kappa shape index (κ3) is 4.22. The number of anilines is 1. The molecule has 0 atom stereocenters. The molecule has 7 nitrogen and oxygen atoms in total. The molecule has 0 spiro atoms. The molecule has 1 aliphatic heterocycles. The van der Waals surface area contributed by atoms with E-state index in [1.54, 1.807) is 0 Å². The highest BCUT2D eigenvalue weighted by atomic mass is 16.5. The number of hydrogen-bond donors (Lipinski definition) is 1. The first-order chi connectivity index (χ1) is 13.2. The van der Waals surface area contributed by atoms with Crippen molar-refractivity contribution in [3.05, 3.63) is 11.5 Å². The van der Waals surface area contributed by atoms with Crippen LogP contribution in [0.1, 0.15) is 69.3 Å². The Balaban J connectivity index is 1.51. The minimum Gasteiger partial charge on any atom is -0.356 e. The minimum absolute atomic E-state index is 0.0932. The van der Waals surface area contributed by atoms with E-state index in [-0.39, 0.29) is 5.91 Å². The molecule has 27 heavy (non-hydrogen) atoms. The second-order valence-corrected chi connectivity index (χ2v) is 7.86. The summed E-state index contributed by atoms with van der Waals surface area (Å²) in [6, 6.07) is 0.352. The molecule has 146 valence electrons. The van der Waals surface area contributed by atoms with E-state index in [0.29, 0.717) is 30.4 Å². The van der Waals surface area contributed by atoms with Gasteiger partial charge in [-0.05, 0) is 32.6 Å². The van der Waals surface area contributed by atoms with Crippen LogP contribution in [0.3, 0.4) is 0 Å². The van der Waals surface area contributed by atoms with Crippen LogP contribution in [0.2, 0.25) is 0 Å². The van der Waals surface area contributed by atoms with E-state index >= 15 is 0 Å². The Kier molecular flexibility index (Phi) is 5.55. The van der Waals surface area contributed by atoms with Crippen molar-refractivity contribution in [2.24, 2.45) is 0 Å². The fraction of sp³-hybridized carbons (Fsp3) is 0.700. The zero-order chi connectivity index (χ0) is 18.6. The largest absolute Gasteiger partial charge is 0.356 e. The SMILES string of the molecule is Cc1noc2nc(CCC(=O)NC3CCCC3)nc(N3CCCCCC3)c12. The summed E-state index contributed by atoms with van der Waals surface area (Å²) in [5.74, 6) is 1.68. The number of nitrogens with one attached hydrogen (secondary N) is 1. The van der Waals surface area contributed by atoms with Gasteiger partial charge in [0.1, 0.15) is 17.0 Å². The monoisotopic (exact) mass is 371 g/mol. The topological polar surface area (TPSA) is 84.1 Å². The summed E-state index contributed by atoms with van der Waals surface area (Å²) in [5.41, 5.74) is 1.36. The van der Waals surface area contributed by atoms with Gasteiger partial charge in [-0.1, -0.05) is 30.8 Å². The molecule has 1 saturated heterocycles. The van der Waals surface area contributed by atoms with Crippen molar-refractivity contribution in [1.29, 1.82) is 0 Å². The minimum atomic E-state index is 0.0932. The summed E-state index contributed by atoms with van der Waals surface area (Å²) in [6.07, 6.45) is 10.5. The summed E-state index contributed by atoms with van der Waals surface area (Å²) in [5, 5.41) is 8.14. The Morgan fingerprint density at radius 3 is 2.59 bits per heavy atom. The van der Waals surface area contributed by atoms with Gasteiger partial charge in [-0.2, -0.15) is 4.98 Å². The van der Waals surface area contributed by atoms with E-state index in [1.165, 1.54) is 38.5 Å². The fourth-order valence-corrected chi connectivity index (χ4v) is 4.23. The van der Waals surface area contributed by atoms with Crippen LogP contribution < -0.4 is 10.2 Å². The van der Waals surface area contributed by atoms with E-state index in [0.717, 1.165) is 42.8 Å². The highest BCUT2D eigenvalue weighted by molar-refractivity contribution is 5.88. The Labute approximate surface area is 159 Å². The van der Waals surface area contributed by atoms with Gasteiger partial charge in [-0.15, -0.1) is 0 Å². The van der Waals surface area contributed by atoms with Crippen molar-refractivity contribution in [2.75, 3.05) is 18.0 Å². The summed E-state index contributed by atoms with van der Waals surface area (Å²) in [6.45, 7) is 3.93. The van der Waals surface area contributed by atoms with Crippen LogP contribution >= 0.6 is 0 Å². The second-order valence-electron chi connectivity index (χ2n) is 7.86. The molecule has 4 rings (SSSR count). The van der Waals surface area contributed by atoms with Gasteiger partial charge in [0, 0.05) is 32.0 Å². The van der Waals surface area contributed by atoms with Gasteiger partial charge in [-0.25, -0.2) is 4.98 Å². The van der Waals surface area contributed by atoms with E-state index in [9.17, 15) is 4.79 Å². The fourth-order valence-electron chi connectivity index (χ4n) is 4.23. The van der Waals surface area contributed by atoms with E-state index in [1.807, 2.05) is 6.92 Å². The number of carbonyl (C=O) groups excluding carboxylic acids is 1. The maximum Gasteiger partial charge on any atom is 0.263 e. The number of hydrogen-bond acceptors (Lipinski definition) is 6. The molecule has 2 fully saturated rings. The predicted molar refractivity (Wildman–Crippen MR) is 104 cm³/mol. The van der Waals surface area contributed by atoms with E-state index in [4.69, 9.17) is 9.51 Å². The molecule has 1 N–H and O–H groups in total. The Morgan fingerprint density at radius 1 is 1.11 bits per heavy atom. The number of aromatic nitrogens is 3. The van der Waals surface area contributed by atoms with Gasteiger partial charge >= 0.3 is 0 Å². The van der Waals surface area contributed by atoms with E-state index < -0.39 is 0 Å². The number of nitrogens with zero attached hydrogens (tertiary/aromatic N) is 4. The highest BCUT2D eigenvalue weighted by Gasteiger charge is 2.22. The van der Waals surface area contributed by atoms with Crippen LogP contribution in [0, 0.1) is 6.92 Å². The molecule has 0 unspecified atom stereocenters. The number of aryl methyl sites for hydroxylation is 2. The standard InChI is InChI=1S/C20H29N5O2/c1-14-18-19(25-12-6-2-3-7-13-25)22-16(23-20(18)27-24-14)10-11-17(26)21-15-8-4-5-9-15/h15H,2-13H2,1H3,(H,21,26). The summed E-state index contributed by atoms with van der Waals surface area (Å²) in [7, 11) is 0. The van der Waals surface area contributed by atoms with Gasteiger partial charge < -0.3 is 14.7 Å². The molecule has 2 aromatic rings. The molecule has 1 amide bonds. The first-order valence-electron chi connectivity index (χ1n) is 10.4. The van der Waals surface area contributed by atoms with E-state index in [2.05, 4.69) is 20.4 Å². The van der Waals surface area contributed by atoms with Crippen molar-refractivity contribution in [3.8, 4) is 0 Å². The summed E-state index contributed by atoms with van der Waals surface area (Å²) in [4.78, 5) is 24.0. The van der Waals surface area contributed by atoms with Gasteiger partial charge in [0.05, 0.1) is 5.69 Å². The normalized spacial score (nSPS) is 18.8. The zero-order valence-electron chi connectivity index (χ0n) is 16.2. The average Bonchev–Trinajstić information content (AvgIpc) is 3.21. The average molecular weight is 371 g/mol. The van der Waals surface area contributed by atoms with Gasteiger partial charge in [-0.3, -0.25) is 4.79 Å². The van der Waals surface area contributed by atoms with Crippen molar-refractivity contribution in [3.63, 3.8) is 0 Å². The number of amides is 1. The zero-order valence-corrected chi connectivity index (χ0v) is 16.2. The molecule has 0 bridgehead atoms. The van der Waals surface area contributed by atoms with Crippen molar-refractivity contribution < 1.29 is 9.32 Å². The lowest BCUT2D eigenvalue weighted by Gasteiger charge is -2.22. The Morgan fingerprint density at radius 2 is 1.85 bits per heavy atom. The Hall–Kier alpha value is -2.18. The molecule has 2 aromatic heterocycles. The molecular formula is C20H29N5O2. The number of rotatable bonds is 5. The lowest BCUT2D eigenvalue weighted by molar-refractivity contribution is -0.121. The third-order valence-electron chi connectivity index (χ3n) is 5.74. The number of carbonyl (C=O) groups is 1. The van der Waals surface area contributed by atoms with Crippen LogP contribution in [0.25, 0.3) is 11.1 Å². The van der Waals surface area contributed by atoms with Crippen LogP contribution in [-0.4, -0.2) is 40.2 Å². The third-order valence-corrected chi connectivity index (χ3v) is 5.74. The molecule has 0 aromatic carbocycles. The predicted octanol–water partition coefficient (Wildman–Crippen LogP) is 3.30. The molecule has 2 aliphatic rings. The van der Waals surface area contributed by atoms with Crippen LogP contribution in [0.15, 0.2) is 4.52 Å². The van der Waals surface area contributed by atoms with Crippen LogP contribution in [0.4, 0.5) is 5.82 Å². The van der Waals surface area contributed by atoms with Crippen LogP contribution in [0.5, 0.6) is 0 Å². The highest BCUT2D eigenvalue weighted by Crippen LogP contribution is 2.29. The first-order valence-corrected chi connectivity index (χ1v) is 10.4. The maximum atomic E-state index is 12.3. The van der Waals surface area contributed by atoms with Gasteiger partial charge in [0.15, 0.2) is 0 Å².